The zero-order valence-electron chi connectivity index (χ0n) is 11.5. The lowest BCUT2D eigenvalue weighted by Gasteiger charge is -2.34. The van der Waals surface area contributed by atoms with Crippen molar-refractivity contribution in [3.8, 4) is 0 Å². The first kappa shape index (κ1) is 15.7. The Kier molecular flexibility index (Phi) is 4.46. The lowest BCUT2D eigenvalue weighted by molar-refractivity contribution is -0.385. The molecule has 1 saturated heterocycles. The fourth-order valence-corrected chi connectivity index (χ4v) is 3.70. The van der Waals surface area contributed by atoms with Gasteiger partial charge in [-0.1, -0.05) is 13.8 Å². The van der Waals surface area contributed by atoms with Crippen LogP contribution in [0.4, 0.5) is 14.5 Å². The number of carbonyl (C=O) groups excluding carboxylic acids is 1. The van der Waals surface area contributed by atoms with Gasteiger partial charge >= 0.3 is 0 Å². The maximum atomic E-state index is 13.3. The smallest absolute Gasteiger partial charge is 0.285 e. The molecule has 0 aliphatic carbocycles. The number of amides is 1. The van der Waals surface area contributed by atoms with Crippen LogP contribution in [0.5, 0.6) is 0 Å². The molecule has 114 valence electrons. The van der Waals surface area contributed by atoms with Crippen molar-refractivity contribution in [2.45, 2.75) is 24.3 Å². The predicted octanol–water partition coefficient (Wildman–Crippen LogP) is 2.84. The minimum atomic E-state index is -1.34. The third-order valence-electron chi connectivity index (χ3n) is 3.17. The van der Waals surface area contributed by atoms with Gasteiger partial charge in [-0.3, -0.25) is 14.9 Å². The first-order valence-electron chi connectivity index (χ1n) is 6.37. The Morgan fingerprint density at radius 2 is 1.81 bits per heavy atom. The molecule has 1 fully saturated rings. The fourth-order valence-electron chi connectivity index (χ4n) is 2.37. The summed E-state index contributed by atoms with van der Waals surface area (Å²) in [5.74, 6) is -3.25. The van der Waals surface area contributed by atoms with Crippen molar-refractivity contribution < 1.29 is 18.5 Å². The number of carbonyl (C=O) groups is 1. The van der Waals surface area contributed by atoms with Crippen molar-refractivity contribution in [3.63, 3.8) is 0 Å². The summed E-state index contributed by atoms with van der Waals surface area (Å²) in [6.45, 7) is 4.73. The van der Waals surface area contributed by atoms with Crippen molar-refractivity contribution in [2.24, 2.45) is 0 Å². The number of halogens is 2. The molecule has 1 amide bonds. The molecule has 1 aliphatic heterocycles. The van der Waals surface area contributed by atoms with Gasteiger partial charge < -0.3 is 4.90 Å². The molecule has 2 atom stereocenters. The highest BCUT2D eigenvalue weighted by Gasteiger charge is 2.31. The van der Waals surface area contributed by atoms with Crippen LogP contribution in [-0.4, -0.2) is 39.3 Å². The lowest BCUT2D eigenvalue weighted by Crippen LogP contribution is -2.44. The SMILES string of the molecule is CC1CN(C(=O)c2cc(F)c(F)cc2[N+](=O)[O-])CC(C)S1. The zero-order valence-corrected chi connectivity index (χ0v) is 12.3. The monoisotopic (exact) mass is 316 g/mol. The largest absolute Gasteiger partial charge is 0.336 e. The van der Waals surface area contributed by atoms with E-state index in [2.05, 4.69) is 0 Å². The Hall–Kier alpha value is -1.70. The third kappa shape index (κ3) is 3.31. The van der Waals surface area contributed by atoms with Crippen LogP contribution < -0.4 is 0 Å². The van der Waals surface area contributed by atoms with Gasteiger partial charge in [0, 0.05) is 23.6 Å². The van der Waals surface area contributed by atoms with Crippen LogP contribution in [0.15, 0.2) is 12.1 Å². The van der Waals surface area contributed by atoms with Gasteiger partial charge in [0.25, 0.3) is 11.6 Å². The van der Waals surface area contributed by atoms with E-state index in [0.717, 1.165) is 0 Å². The number of hydrogen-bond acceptors (Lipinski definition) is 4. The van der Waals surface area contributed by atoms with Crippen molar-refractivity contribution in [1.82, 2.24) is 4.90 Å². The Morgan fingerprint density at radius 1 is 1.29 bits per heavy atom. The number of rotatable bonds is 2. The van der Waals surface area contributed by atoms with Gasteiger partial charge in [0.2, 0.25) is 0 Å². The standard InChI is InChI=1S/C13H14F2N2O3S/c1-7-5-16(6-8(2)21-7)13(18)9-3-10(14)11(15)4-12(9)17(19)20/h3-4,7-8H,5-6H2,1-2H3. The number of nitro groups is 1. The van der Waals surface area contributed by atoms with E-state index in [-0.39, 0.29) is 10.5 Å². The molecule has 5 nitrogen and oxygen atoms in total. The summed E-state index contributed by atoms with van der Waals surface area (Å²) in [5, 5.41) is 11.3. The molecule has 0 bridgehead atoms. The number of nitro benzene ring substituents is 1. The molecule has 1 aromatic carbocycles. The molecule has 1 aliphatic rings. The van der Waals surface area contributed by atoms with E-state index in [1.807, 2.05) is 13.8 Å². The van der Waals surface area contributed by atoms with Crippen molar-refractivity contribution >= 4 is 23.4 Å². The van der Waals surface area contributed by atoms with Crippen LogP contribution in [-0.2, 0) is 0 Å². The van der Waals surface area contributed by atoms with Crippen LogP contribution in [0.25, 0.3) is 0 Å². The fraction of sp³-hybridized carbons (Fsp3) is 0.462. The van der Waals surface area contributed by atoms with Gasteiger partial charge in [0.15, 0.2) is 11.6 Å². The van der Waals surface area contributed by atoms with Crippen LogP contribution in [0, 0.1) is 21.7 Å². The van der Waals surface area contributed by atoms with Crippen molar-refractivity contribution in [3.05, 3.63) is 39.4 Å². The number of thioether (sulfide) groups is 1. The molecule has 2 unspecified atom stereocenters. The molecular formula is C13H14F2N2O3S. The van der Waals surface area contributed by atoms with E-state index >= 15 is 0 Å². The summed E-state index contributed by atoms with van der Waals surface area (Å²) in [4.78, 5) is 23.9. The molecule has 21 heavy (non-hydrogen) atoms. The first-order chi connectivity index (χ1) is 9.79. The minimum absolute atomic E-state index is 0.182. The van der Waals surface area contributed by atoms with Crippen LogP contribution >= 0.6 is 11.8 Å². The van der Waals surface area contributed by atoms with Crippen LogP contribution in [0.2, 0.25) is 0 Å². The second-order valence-electron chi connectivity index (χ2n) is 5.01. The summed E-state index contributed by atoms with van der Waals surface area (Å²) in [7, 11) is 0. The van der Waals surface area contributed by atoms with Crippen molar-refractivity contribution in [1.29, 1.82) is 0 Å². The summed E-state index contributed by atoms with van der Waals surface area (Å²) in [5.41, 5.74) is -1.12. The molecule has 0 N–H and O–H groups in total. The van der Waals surface area contributed by atoms with Gasteiger partial charge in [0.05, 0.1) is 11.0 Å². The molecule has 0 spiro atoms. The Morgan fingerprint density at radius 3 is 2.33 bits per heavy atom. The molecule has 8 heteroatoms. The summed E-state index contributed by atoms with van der Waals surface area (Å²) >= 11 is 1.71. The second-order valence-corrected chi connectivity index (χ2v) is 6.89. The quantitative estimate of drug-likeness (QED) is 0.622. The molecule has 0 aromatic heterocycles. The normalized spacial score (nSPS) is 22.2. The molecule has 2 rings (SSSR count). The van der Waals surface area contributed by atoms with E-state index in [1.165, 1.54) is 4.90 Å². The lowest BCUT2D eigenvalue weighted by atomic mass is 10.1. The Bertz CT molecular complexity index is 587. The number of nitrogens with zero attached hydrogens (tertiary/aromatic N) is 2. The number of benzene rings is 1. The Labute approximate surface area is 124 Å². The maximum absolute atomic E-state index is 13.3. The Balaban J connectivity index is 2.38. The summed E-state index contributed by atoms with van der Waals surface area (Å²) in [6, 6.07) is 1.06. The molecule has 0 radical (unpaired) electrons. The topological polar surface area (TPSA) is 63.5 Å². The highest BCUT2D eigenvalue weighted by atomic mass is 32.2. The third-order valence-corrected chi connectivity index (χ3v) is 4.40. The highest BCUT2D eigenvalue weighted by molar-refractivity contribution is 8.00. The van der Waals surface area contributed by atoms with Gasteiger partial charge in [-0.15, -0.1) is 0 Å². The minimum Gasteiger partial charge on any atom is -0.336 e. The van der Waals surface area contributed by atoms with Crippen molar-refractivity contribution in [2.75, 3.05) is 13.1 Å². The zero-order chi connectivity index (χ0) is 15.7. The molecular weight excluding hydrogens is 302 g/mol. The van der Waals surface area contributed by atoms with Gasteiger partial charge in [-0.25, -0.2) is 8.78 Å². The first-order valence-corrected chi connectivity index (χ1v) is 7.32. The van der Waals surface area contributed by atoms with Crippen LogP contribution in [0.3, 0.4) is 0 Å². The summed E-state index contributed by atoms with van der Waals surface area (Å²) in [6.07, 6.45) is 0. The van der Waals surface area contributed by atoms with E-state index in [4.69, 9.17) is 0 Å². The van der Waals surface area contributed by atoms with Gasteiger partial charge in [-0.2, -0.15) is 11.8 Å². The maximum Gasteiger partial charge on any atom is 0.285 e. The van der Waals surface area contributed by atoms with E-state index in [0.29, 0.717) is 25.2 Å². The van der Waals surface area contributed by atoms with E-state index < -0.39 is 33.7 Å². The average Bonchev–Trinajstić information content (AvgIpc) is 2.39. The van der Waals surface area contributed by atoms with Gasteiger partial charge in [-0.05, 0) is 6.07 Å². The average molecular weight is 316 g/mol. The number of hydrogen-bond donors (Lipinski definition) is 0. The molecule has 1 heterocycles. The predicted molar refractivity (Wildman–Crippen MR) is 75.4 cm³/mol. The van der Waals surface area contributed by atoms with Gasteiger partial charge in [0.1, 0.15) is 5.56 Å². The van der Waals surface area contributed by atoms with E-state index in [9.17, 15) is 23.7 Å². The second kappa shape index (κ2) is 5.97. The highest BCUT2D eigenvalue weighted by Crippen LogP contribution is 2.28. The summed E-state index contributed by atoms with van der Waals surface area (Å²) < 4.78 is 26.5. The van der Waals surface area contributed by atoms with Crippen LogP contribution in [0.1, 0.15) is 24.2 Å². The molecule has 0 saturated carbocycles. The molecule has 1 aromatic rings. The van der Waals surface area contributed by atoms with E-state index in [1.54, 1.807) is 11.8 Å².